The van der Waals surface area contributed by atoms with Gasteiger partial charge in [-0.3, -0.25) is 30.4 Å². The summed E-state index contributed by atoms with van der Waals surface area (Å²) < 4.78 is 0. The molecule has 0 aliphatic carbocycles. The van der Waals surface area contributed by atoms with Crippen molar-refractivity contribution in [3.05, 3.63) is 110 Å². The molecular weight excluding hydrogens is 376 g/mol. The van der Waals surface area contributed by atoms with Crippen molar-refractivity contribution in [1.29, 1.82) is 0 Å². The molecule has 0 unspecified atom stereocenters. The van der Waals surface area contributed by atoms with Crippen molar-refractivity contribution in [2.24, 2.45) is 5.10 Å². The number of anilines is 1. The van der Waals surface area contributed by atoms with E-state index in [-0.39, 0.29) is 17.2 Å². The monoisotopic (exact) mass is 390 g/mol. The minimum atomic E-state index is -0.758. The number of hydrazone groups is 1. The minimum absolute atomic E-state index is 0.0458. The number of nitro groups is 2. The number of hydrogen-bond acceptors (Lipinski definition) is 7. The number of nitro benzene ring substituents is 2. The predicted octanol–water partition coefficient (Wildman–Crippen LogP) is 4.20. The lowest BCUT2D eigenvalue weighted by Crippen LogP contribution is -2.17. The molecule has 3 aromatic rings. The van der Waals surface area contributed by atoms with E-state index in [1.54, 1.807) is 60.7 Å². The van der Waals surface area contributed by atoms with E-state index in [4.69, 9.17) is 0 Å². The van der Waals surface area contributed by atoms with Crippen molar-refractivity contribution in [1.82, 2.24) is 0 Å². The smallest absolute Gasteiger partial charge is 0.287 e. The third kappa shape index (κ3) is 4.48. The summed E-state index contributed by atoms with van der Waals surface area (Å²) in [7, 11) is 0. The van der Waals surface area contributed by atoms with Crippen LogP contribution < -0.4 is 5.43 Å². The van der Waals surface area contributed by atoms with E-state index >= 15 is 0 Å². The number of carbonyl (C=O) groups is 1. The number of nitrogens with one attached hydrogen (secondary N) is 1. The topological polar surface area (TPSA) is 128 Å². The largest absolute Gasteiger partial charge is 0.301 e. The van der Waals surface area contributed by atoms with E-state index in [0.717, 1.165) is 12.1 Å². The summed E-state index contributed by atoms with van der Waals surface area (Å²) in [6, 6.07) is 20.2. The first-order valence-corrected chi connectivity index (χ1v) is 8.39. The summed E-state index contributed by atoms with van der Waals surface area (Å²) in [6.45, 7) is 0. The van der Waals surface area contributed by atoms with Crippen molar-refractivity contribution >= 4 is 28.6 Å². The Balaban J connectivity index is 2.03. The highest BCUT2D eigenvalue weighted by molar-refractivity contribution is 6.51. The molecule has 0 aromatic heterocycles. The number of hydrogen-bond donors (Lipinski definition) is 1. The Morgan fingerprint density at radius 1 is 0.793 bits per heavy atom. The molecule has 29 heavy (non-hydrogen) atoms. The highest BCUT2D eigenvalue weighted by Gasteiger charge is 2.21. The fraction of sp³-hybridized carbons (Fsp3) is 0. The van der Waals surface area contributed by atoms with Crippen LogP contribution in [0.3, 0.4) is 0 Å². The molecule has 3 aromatic carbocycles. The number of benzene rings is 3. The lowest BCUT2D eigenvalue weighted by molar-refractivity contribution is -0.393. The summed E-state index contributed by atoms with van der Waals surface area (Å²) in [6.07, 6.45) is 0. The van der Waals surface area contributed by atoms with Gasteiger partial charge in [-0.25, -0.2) is 0 Å². The van der Waals surface area contributed by atoms with Gasteiger partial charge in [0.2, 0.25) is 5.78 Å². The average molecular weight is 390 g/mol. The van der Waals surface area contributed by atoms with Crippen molar-refractivity contribution < 1.29 is 14.6 Å². The van der Waals surface area contributed by atoms with Crippen LogP contribution in [0.5, 0.6) is 0 Å². The molecule has 0 saturated heterocycles. The average Bonchev–Trinajstić information content (AvgIpc) is 2.75. The second-order valence-corrected chi connectivity index (χ2v) is 5.85. The highest BCUT2D eigenvalue weighted by atomic mass is 16.6. The summed E-state index contributed by atoms with van der Waals surface area (Å²) >= 11 is 0. The van der Waals surface area contributed by atoms with Gasteiger partial charge in [-0.05, 0) is 6.07 Å². The molecule has 0 spiro atoms. The van der Waals surface area contributed by atoms with Crippen molar-refractivity contribution in [3.8, 4) is 0 Å². The number of rotatable bonds is 7. The molecule has 1 N–H and O–H groups in total. The third-order valence-corrected chi connectivity index (χ3v) is 3.98. The van der Waals surface area contributed by atoms with Crippen LogP contribution in [-0.4, -0.2) is 21.3 Å². The van der Waals surface area contributed by atoms with Crippen LogP contribution in [0.25, 0.3) is 0 Å². The fourth-order valence-corrected chi connectivity index (χ4v) is 2.56. The van der Waals surface area contributed by atoms with Gasteiger partial charge in [0.05, 0.1) is 15.9 Å². The zero-order valence-electron chi connectivity index (χ0n) is 14.9. The zero-order chi connectivity index (χ0) is 20.8. The van der Waals surface area contributed by atoms with Crippen LogP contribution >= 0.6 is 0 Å². The Kier molecular flexibility index (Phi) is 5.69. The molecule has 0 atom stereocenters. The van der Waals surface area contributed by atoms with E-state index in [2.05, 4.69) is 10.5 Å². The number of carbonyl (C=O) groups excluding carboxylic acids is 1. The second-order valence-electron chi connectivity index (χ2n) is 5.85. The van der Waals surface area contributed by atoms with Gasteiger partial charge in [-0.1, -0.05) is 60.7 Å². The summed E-state index contributed by atoms with van der Waals surface area (Å²) in [5.41, 5.74) is 2.45. The van der Waals surface area contributed by atoms with Crippen LogP contribution in [0.4, 0.5) is 17.1 Å². The second kappa shape index (κ2) is 8.53. The third-order valence-electron chi connectivity index (χ3n) is 3.98. The molecule has 3 rings (SSSR count). The van der Waals surface area contributed by atoms with Gasteiger partial charge in [-0.15, -0.1) is 0 Å². The number of ketones is 1. The summed E-state index contributed by atoms with van der Waals surface area (Å²) in [5.74, 6) is -0.381. The van der Waals surface area contributed by atoms with E-state index in [1.807, 2.05) is 0 Å². The van der Waals surface area contributed by atoms with Gasteiger partial charge in [0.15, 0.2) is 0 Å². The van der Waals surface area contributed by atoms with Gasteiger partial charge in [-0.2, -0.15) is 5.10 Å². The number of non-ortho nitro benzene ring substituents is 1. The molecular formula is C20H14N4O5. The fourth-order valence-electron chi connectivity index (χ4n) is 2.56. The first-order valence-electron chi connectivity index (χ1n) is 8.39. The van der Waals surface area contributed by atoms with Gasteiger partial charge < -0.3 is 0 Å². The van der Waals surface area contributed by atoms with E-state index in [9.17, 15) is 25.0 Å². The molecule has 0 aliphatic rings. The Morgan fingerprint density at radius 2 is 1.38 bits per heavy atom. The molecule has 0 bridgehead atoms. The number of nitrogens with zero attached hydrogens (tertiary/aromatic N) is 3. The van der Waals surface area contributed by atoms with Gasteiger partial charge in [0.25, 0.3) is 5.69 Å². The predicted molar refractivity (Wildman–Crippen MR) is 107 cm³/mol. The quantitative estimate of drug-likeness (QED) is 0.279. The Labute approximate surface area is 164 Å². The SMILES string of the molecule is O=C(/C(=N\Nc1ccc([N+](=O)[O-])cc1[N+](=O)[O-])c1ccccc1)c1ccccc1. The van der Waals surface area contributed by atoms with Crippen LogP contribution in [-0.2, 0) is 0 Å². The molecule has 0 aliphatic heterocycles. The lowest BCUT2D eigenvalue weighted by atomic mass is 10.0. The van der Waals surface area contributed by atoms with E-state index in [0.29, 0.717) is 11.1 Å². The maximum absolute atomic E-state index is 12.9. The summed E-state index contributed by atoms with van der Waals surface area (Å²) in [5, 5.41) is 26.3. The van der Waals surface area contributed by atoms with Gasteiger partial charge in [0.1, 0.15) is 11.4 Å². The molecule has 0 heterocycles. The van der Waals surface area contributed by atoms with Crippen LogP contribution in [0.1, 0.15) is 15.9 Å². The van der Waals surface area contributed by atoms with E-state index < -0.39 is 21.2 Å². The van der Waals surface area contributed by atoms with Crippen LogP contribution in [0.2, 0.25) is 0 Å². The molecule has 9 heteroatoms. The Bertz CT molecular complexity index is 1100. The van der Waals surface area contributed by atoms with Crippen LogP contribution in [0.15, 0.2) is 84.0 Å². The van der Waals surface area contributed by atoms with Crippen molar-refractivity contribution in [2.45, 2.75) is 0 Å². The van der Waals surface area contributed by atoms with Crippen molar-refractivity contribution in [3.63, 3.8) is 0 Å². The van der Waals surface area contributed by atoms with Gasteiger partial charge in [0, 0.05) is 17.2 Å². The van der Waals surface area contributed by atoms with Crippen LogP contribution in [0, 0.1) is 20.2 Å². The molecule has 0 saturated carbocycles. The maximum atomic E-state index is 12.9. The standard InChI is InChI=1S/C20H14N4O5/c25-20(15-9-5-2-6-10-15)19(14-7-3-1-4-8-14)22-21-17-12-11-16(23(26)27)13-18(17)24(28)29/h1-13,21H/b22-19-. The van der Waals surface area contributed by atoms with E-state index in [1.165, 1.54) is 6.07 Å². The first kappa shape index (κ1) is 19.4. The molecule has 0 amide bonds. The zero-order valence-corrected chi connectivity index (χ0v) is 14.9. The minimum Gasteiger partial charge on any atom is -0.287 e. The summed E-state index contributed by atoms with van der Waals surface area (Å²) in [4.78, 5) is 33.6. The molecule has 9 nitrogen and oxygen atoms in total. The lowest BCUT2D eigenvalue weighted by Gasteiger charge is -2.08. The van der Waals surface area contributed by atoms with Gasteiger partial charge >= 0.3 is 5.69 Å². The molecule has 144 valence electrons. The Morgan fingerprint density at radius 3 is 1.93 bits per heavy atom. The first-order chi connectivity index (χ1) is 14.0. The van der Waals surface area contributed by atoms with Crippen molar-refractivity contribution in [2.75, 3.05) is 5.43 Å². The molecule has 0 radical (unpaired) electrons. The molecule has 0 fully saturated rings. The maximum Gasteiger partial charge on any atom is 0.301 e. The normalized spacial score (nSPS) is 11.0. The Hall–Kier alpha value is -4.40. The number of Topliss-reactive ketones (excluding diaryl/α,β-unsaturated/α-hetero) is 1. The highest BCUT2D eigenvalue weighted by Crippen LogP contribution is 2.29.